The molecule has 1 unspecified atom stereocenters. The maximum Gasteiger partial charge on any atom is 0.150 e. The minimum absolute atomic E-state index is 0.186. The molecular weight excluding hydrogens is 286 g/mol. The molecule has 0 saturated heterocycles. The van der Waals surface area contributed by atoms with Crippen LogP contribution in [0.3, 0.4) is 0 Å². The number of hydrogen-bond donors (Lipinski definition) is 1. The Morgan fingerprint density at radius 2 is 2.00 bits per heavy atom. The van der Waals surface area contributed by atoms with Crippen molar-refractivity contribution in [3.05, 3.63) is 48.3 Å². The molecule has 6 heteroatoms. The van der Waals surface area contributed by atoms with Crippen molar-refractivity contribution in [3.63, 3.8) is 0 Å². The van der Waals surface area contributed by atoms with Crippen molar-refractivity contribution in [1.82, 2.24) is 9.78 Å². The quantitative estimate of drug-likeness (QED) is 0.849. The molecule has 2 aromatic rings. The Morgan fingerprint density at radius 1 is 1.29 bits per heavy atom. The molecule has 0 bridgehead atoms. The molecule has 0 amide bonds. The maximum absolute atomic E-state index is 11.4. The third-order valence-electron chi connectivity index (χ3n) is 3.46. The first-order valence-electron chi connectivity index (χ1n) is 7.08. The largest absolute Gasteiger partial charge is 0.324 e. The van der Waals surface area contributed by atoms with E-state index in [1.807, 2.05) is 36.5 Å². The molecule has 1 atom stereocenters. The van der Waals surface area contributed by atoms with Crippen LogP contribution in [-0.2, 0) is 9.84 Å². The van der Waals surface area contributed by atoms with Crippen LogP contribution in [0.25, 0.3) is 5.69 Å². The Bertz CT molecular complexity index is 665. The summed E-state index contributed by atoms with van der Waals surface area (Å²) in [5.74, 6) is 0.387. The first kappa shape index (κ1) is 15.7. The van der Waals surface area contributed by atoms with Gasteiger partial charge in [-0.15, -0.1) is 0 Å². The molecule has 2 rings (SSSR count). The summed E-state index contributed by atoms with van der Waals surface area (Å²) in [6.07, 6.45) is 4.86. The number of nitrogens with two attached hydrogens (primary N) is 1. The lowest BCUT2D eigenvalue weighted by molar-refractivity contribution is 0.584. The van der Waals surface area contributed by atoms with Crippen molar-refractivity contribution < 1.29 is 8.42 Å². The molecule has 1 aromatic heterocycles. The van der Waals surface area contributed by atoms with E-state index in [-0.39, 0.29) is 17.5 Å². The molecule has 0 saturated carbocycles. The summed E-state index contributed by atoms with van der Waals surface area (Å²) in [5, 5.41) is 4.30. The van der Waals surface area contributed by atoms with Gasteiger partial charge in [-0.2, -0.15) is 5.10 Å². The first-order chi connectivity index (χ1) is 10.0. The van der Waals surface area contributed by atoms with Gasteiger partial charge in [0.15, 0.2) is 0 Å². The van der Waals surface area contributed by atoms with Crippen molar-refractivity contribution in [2.45, 2.75) is 25.8 Å². The fraction of sp³-hybridized carbons (Fsp3) is 0.400. The lowest BCUT2D eigenvalue weighted by atomic mass is 10.1. The molecule has 114 valence electrons. The van der Waals surface area contributed by atoms with Crippen LogP contribution < -0.4 is 5.73 Å². The number of sulfone groups is 1. The summed E-state index contributed by atoms with van der Waals surface area (Å²) < 4.78 is 24.7. The van der Waals surface area contributed by atoms with Crippen LogP contribution >= 0.6 is 0 Å². The monoisotopic (exact) mass is 307 g/mol. The second-order valence-corrected chi connectivity index (χ2v) is 7.51. The summed E-state index contributed by atoms with van der Waals surface area (Å²) in [6, 6.07) is 9.60. The molecule has 1 heterocycles. The normalized spacial score (nSPS) is 13.2. The van der Waals surface area contributed by atoms with Crippen LogP contribution in [-0.4, -0.2) is 29.7 Å². The van der Waals surface area contributed by atoms with Crippen molar-refractivity contribution in [2.24, 2.45) is 5.73 Å². The number of rotatable bonds is 7. The highest BCUT2D eigenvalue weighted by atomic mass is 32.2. The first-order valence-corrected chi connectivity index (χ1v) is 8.90. The Balaban J connectivity index is 1.95. The fourth-order valence-corrected chi connectivity index (χ4v) is 2.98. The molecule has 21 heavy (non-hydrogen) atoms. The number of benzene rings is 1. The SMILES string of the molecule is CCS(=O)(=O)CCCC(N)c1cnn(-c2ccccc2)c1. The summed E-state index contributed by atoms with van der Waals surface area (Å²) in [4.78, 5) is 0. The topological polar surface area (TPSA) is 78.0 Å². The van der Waals surface area contributed by atoms with Crippen molar-refractivity contribution >= 4 is 9.84 Å². The van der Waals surface area contributed by atoms with Gasteiger partial charge in [-0.3, -0.25) is 0 Å². The molecule has 0 radical (unpaired) electrons. The van der Waals surface area contributed by atoms with E-state index < -0.39 is 9.84 Å². The Kier molecular flexibility index (Phi) is 5.14. The summed E-state index contributed by atoms with van der Waals surface area (Å²) >= 11 is 0. The molecular formula is C15H21N3O2S. The van der Waals surface area contributed by atoms with E-state index in [0.717, 1.165) is 11.3 Å². The average molecular weight is 307 g/mol. The lowest BCUT2D eigenvalue weighted by Crippen LogP contribution is -2.14. The van der Waals surface area contributed by atoms with Crippen molar-refractivity contribution in [3.8, 4) is 5.69 Å². The van der Waals surface area contributed by atoms with Crippen molar-refractivity contribution in [2.75, 3.05) is 11.5 Å². The number of aromatic nitrogens is 2. The maximum atomic E-state index is 11.4. The molecule has 0 spiro atoms. The van der Waals surface area contributed by atoms with Crippen LogP contribution in [0.1, 0.15) is 31.4 Å². The van der Waals surface area contributed by atoms with E-state index in [1.165, 1.54) is 0 Å². The molecule has 0 fully saturated rings. The zero-order valence-electron chi connectivity index (χ0n) is 12.1. The van der Waals surface area contributed by atoms with Gasteiger partial charge in [0.1, 0.15) is 9.84 Å². The third kappa shape index (κ3) is 4.41. The van der Waals surface area contributed by atoms with Gasteiger partial charge in [0, 0.05) is 23.6 Å². The third-order valence-corrected chi connectivity index (χ3v) is 5.25. The van der Waals surface area contributed by atoms with Gasteiger partial charge in [0.2, 0.25) is 0 Å². The lowest BCUT2D eigenvalue weighted by Gasteiger charge is -2.09. The Labute approximate surface area is 125 Å². The molecule has 1 aromatic carbocycles. The van der Waals surface area contributed by atoms with E-state index in [0.29, 0.717) is 12.8 Å². The number of hydrogen-bond acceptors (Lipinski definition) is 4. The molecule has 0 aliphatic carbocycles. The minimum Gasteiger partial charge on any atom is -0.324 e. The smallest absolute Gasteiger partial charge is 0.150 e. The van der Waals surface area contributed by atoms with E-state index in [9.17, 15) is 8.42 Å². The van der Waals surface area contributed by atoms with E-state index >= 15 is 0 Å². The van der Waals surface area contributed by atoms with Crippen LogP contribution in [0.2, 0.25) is 0 Å². The zero-order chi connectivity index (χ0) is 15.3. The molecule has 2 N–H and O–H groups in total. The standard InChI is InChI=1S/C15H21N3O2S/c1-2-21(19,20)10-6-9-15(16)13-11-17-18(12-13)14-7-4-3-5-8-14/h3-5,7-8,11-12,15H,2,6,9-10,16H2,1H3. The summed E-state index contributed by atoms with van der Waals surface area (Å²) in [7, 11) is -2.91. The average Bonchev–Trinajstić information content (AvgIpc) is 2.98. The van der Waals surface area contributed by atoms with Gasteiger partial charge >= 0.3 is 0 Å². The second kappa shape index (κ2) is 6.87. The summed E-state index contributed by atoms with van der Waals surface area (Å²) in [6.45, 7) is 1.67. The van der Waals surface area contributed by atoms with Gasteiger partial charge in [-0.05, 0) is 25.0 Å². The van der Waals surface area contributed by atoms with Gasteiger partial charge in [0.05, 0.1) is 17.6 Å². The molecule has 5 nitrogen and oxygen atoms in total. The highest BCUT2D eigenvalue weighted by molar-refractivity contribution is 7.91. The zero-order valence-corrected chi connectivity index (χ0v) is 13.0. The number of nitrogens with zero attached hydrogens (tertiary/aromatic N) is 2. The highest BCUT2D eigenvalue weighted by Gasteiger charge is 2.12. The highest BCUT2D eigenvalue weighted by Crippen LogP contribution is 2.17. The molecule has 0 aliphatic heterocycles. The van der Waals surface area contributed by atoms with Crippen molar-refractivity contribution in [1.29, 1.82) is 0 Å². The fourth-order valence-electron chi connectivity index (χ4n) is 2.08. The van der Waals surface area contributed by atoms with Gasteiger partial charge in [-0.25, -0.2) is 13.1 Å². The van der Waals surface area contributed by atoms with Crippen LogP contribution in [0, 0.1) is 0 Å². The Hall–Kier alpha value is -1.66. The van der Waals surface area contributed by atoms with Gasteiger partial charge in [0.25, 0.3) is 0 Å². The summed E-state index contributed by atoms with van der Waals surface area (Å²) in [5.41, 5.74) is 8.01. The van der Waals surface area contributed by atoms with E-state index in [4.69, 9.17) is 5.73 Å². The predicted octanol–water partition coefficient (Wildman–Crippen LogP) is 2.09. The van der Waals surface area contributed by atoms with Gasteiger partial charge < -0.3 is 5.73 Å². The molecule has 0 aliphatic rings. The second-order valence-electron chi connectivity index (χ2n) is 5.04. The van der Waals surface area contributed by atoms with Crippen LogP contribution in [0.4, 0.5) is 0 Å². The predicted molar refractivity (Wildman–Crippen MR) is 84.1 cm³/mol. The van der Waals surface area contributed by atoms with Gasteiger partial charge in [-0.1, -0.05) is 25.1 Å². The van der Waals surface area contributed by atoms with E-state index in [2.05, 4.69) is 5.10 Å². The van der Waals surface area contributed by atoms with Crippen LogP contribution in [0.15, 0.2) is 42.7 Å². The Morgan fingerprint density at radius 3 is 2.67 bits per heavy atom. The number of para-hydroxylation sites is 1. The van der Waals surface area contributed by atoms with Crippen LogP contribution in [0.5, 0.6) is 0 Å². The van der Waals surface area contributed by atoms with E-state index in [1.54, 1.807) is 17.8 Å². The minimum atomic E-state index is -2.91.